The van der Waals surface area contributed by atoms with Gasteiger partial charge in [-0.3, -0.25) is 4.55 Å². The molecule has 0 fully saturated rings. The molecule has 4 nitrogen and oxygen atoms in total. The molecular weight excluding hydrogens is 387 g/mol. The second kappa shape index (κ2) is 6.49. The van der Waals surface area contributed by atoms with Gasteiger partial charge in [0.05, 0.1) is 5.39 Å². The minimum absolute atomic E-state index is 1.29. The number of rotatable bonds is 0. The molecule has 0 spiro atoms. The molecule has 26 heavy (non-hydrogen) atoms. The molecule has 2 heterocycles. The maximum absolute atomic E-state index is 10.7. The van der Waals surface area contributed by atoms with Crippen LogP contribution in [0.1, 0.15) is 0 Å². The summed E-state index contributed by atoms with van der Waals surface area (Å²) in [5, 5.41) is 2.66. The van der Waals surface area contributed by atoms with Gasteiger partial charge in [0, 0.05) is 16.2 Å². The van der Waals surface area contributed by atoms with Crippen LogP contribution in [0.25, 0.3) is 31.2 Å². The molecule has 0 atom stereocenters. The molecule has 0 aliphatic rings. The summed E-state index contributed by atoms with van der Waals surface area (Å²) in [4.78, 5) is 0. The van der Waals surface area contributed by atoms with Crippen LogP contribution in [0, 0.1) is 0 Å². The Labute approximate surface area is 150 Å². The van der Waals surface area contributed by atoms with Gasteiger partial charge in [-0.2, -0.15) is 26.2 Å². The van der Waals surface area contributed by atoms with Crippen LogP contribution < -0.4 is 4.57 Å². The number of pyridine rings is 1. The maximum Gasteiger partial charge on any atom is 0.522 e. The summed E-state index contributed by atoms with van der Waals surface area (Å²) >= 11 is 1.87. The Morgan fingerprint density at radius 2 is 1.58 bits per heavy atom. The Morgan fingerprint density at radius 3 is 2.23 bits per heavy atom. The number of benzene rings is 2. The first kappa shape index (κ1) is 18.6. The quantitative estimate of drug-likeness (QED) is 0.270. The lowest BCUT2D eigenvalue weighted by molar-refractivity contribution is -0.616. The van der Waals surface area contributed by atoms with Gasteiger partial charge in [0.25, 0.3) is 0 Å². The standard InChI is InChI=1S/C16H12NS.CHF3O3S/c1-17-13-8-4-2-6-11(13)10-15-16(17)12-7-3-5-9-14(12)18-15;2-1(3,4)8(5,6)7/h2-10H,1H3;(H,5,6,7)/q+1;. The fourth-order valence-electron chi connectivity index (χ4n) is 2.67. The van der Waals surface area contributed by atoms with Crippen LogP contribution in [0.5, 0.6) is 0 Å². The monoisotopic (exact) mass is 400 g/mol. The number of aryl methyl sites for hydroxylation is 1. The zero-order chi connectivity index (χ0) is 19.1. The first-order valence-corrected chi connectivity index (χ1v) is 9.58. The smallest absolute Gasteiger partial charge is 0.279 e. The summed E-state index contributed by atoms with van der Waals surface area (Å²) in [5.41, 5.74) is -2.91. The molecule has 9 heteroatoms. The van der Waals surface area contributed by atoms with E-state index in [1.165, 1.54) is 31.2 Å². The molecular formula is C17H13F3NO3S2+. The van der Waals surface area contributed by atoms with Crippen molar-refractivity contribution < 1.29 is 30.7 Å². The van der Waals surface area contributed by atoms with Crippen molar-refractivity contribution in [1.29, 1.82) is 0 Å². The largest absolute Gasteiger partial charge is 0.522 e. The Bertz CT molecular complexity index is 1210. The predicted octanol–water partition coefficient (Wildman–Crippen LogP) is 4.43. The fraction of sp³-hybridized carbons (Fsp3) is 0.118. The number of hydrogen-bond acceptors (Lipinski definition) is 3. The molecule has 4 aromatic rings. The van der Waals surface area contributed by atoms with Crippen LogP contribution in [-0.2, 0) is 17.2 Å². The average molecular weight is 400 g/mol. The summed E-state index contributed by atoms with van der Waals surface area (Å²) in [6.07, 6.45) is 0. The summed E-state index contributed by atoms with van der Waals surface area (Å²) in [6, 6.07) is 19.5. The number of para-hydroxylation sites is 1. The number of alkyl halides is 3. The molecule has 136 valence electrons. The van der Waals surface area contributed by atoms with Gasteiger partial charge in [-0.15, -0.1) is 11.3 Å². The second-order valence-electron chi connectivity index (χ2n) is 5.49. The van der Waals surface area contributed by atoms with Crippen molar-refractivity contribution >= 4 is 52.7 Å². The van der Waals surface area contributed by atoms with E-state index in [1.54, 1.807) is 0 Å². The van der Waals surface area contributed by atoms with E-state index < -0.39 is 15.6 Å². The number of nitrogens with zero attached hydrogens (tertiary/aromatic N) is 1. The molecule has 1 N–H and O–H groups in total. The number of thiophene rings is 1. The van der Waals surface area contributed by atoms with Crippen LogP contribution in [0.4, 0.5) is 13.2 Å². The van der Waals surface area contributed by atoms with Crippen molar-refractivity contribution in [2.24, 2.45) is 7.05 Å². The highest BCUT2D eigenvalue weighted by Crippen LogP contribution is 2.33. The van der Waals surface area contributed by atoms with E-state index >= 15 is 0 Å². The van der Waals surface area contributed by atoms with Crippen molar-refractivity contribution in [3.05, 3.63) is 54.6 Å². The normalized spacial score (nSPS) is 12.3. The lowest BCUT2D eigenvalue weighted by atomic mass is 10.1. The molecule has 0 aliphatic carbocycles. The average Bonchev–Trinajstić information content (AvgIpc) is 2.92. The third-order valence-corrected chi connectivity index (χ3v) is 5.50. The molecule has 2 aromatic heterocycles. The Morgan fingerprint density at radius 1 is 1.00 bits per heavy atom. The van der Waals surface area contributed by atoms with Crippen LogP contribution in [-0.4, -0.2) is 18.5 Å². The van der Waals surface area contributed by atoms with E-state index in [9.17, 15) is 13.2 Å². The summed E-state index contributed by atoms with van der Waals surface area (Å²) in [5.74, 6) is 0. The van der Waals surface area contributed by atoms with Crippen molar-refractivity contribution in [1.82, 2.24) is 0 Å². The number of fused-ring (bicyclic) bond motifs is 4. The molecule has 0 amide bonds. The van der Waals surface area contributed by atoms with E-state index in [0.29, 0.717) is 0 Å². The van der Waals surface area contributed by atoms with Crippen LogP contribution in [0.15, 0.2) is 54.6 Å². The Hall–Kier alpha value is -2.23. The first-order chi connectivity index (χ1) is 12.1. The molecule has 0 radical (unpaired) electrons. The van der Waals surface area contributed by atoms with Crippen LogP contribution >= 0.6 is 11.3 Å². The van der Waals surface area contributed by atoms with E-state index in [2.05, 4.69) is 66.2 Å². The number of hydrogen-bond donors (Lipinski definition) is 1. The van der Waals surface area contributed by atoms with E-state index in [0.717, 1.165) is 0 Å². The third-order valence-electron chi connectivity index (χ3n) is 3.81. The Kier molecular flexibility index (Phi) is 4.63. The van der Waals surface area contributed by atoms with Gasteiger partial charge < -0.3 is 0 Å². The van der Waals surface area contributed by atoms with E-state index in [4.69, 9.17) is 13.0 Å². The summed E-state index contributed by atoms with van der Waals surface area (Å²) in [7, 11) is -3.68. The highest BCUT2D eigenvalue weighted by Gasteiger charge is 2.44. The lowest BCUT2D eigenvalue weighted by Gasteiger charge is -1.98. The van der Waals surface area contributed by atoms with E-state index in [1.807, 2.05) is 11.3 Å². The van der Waals surface area contributed by atoms with E-state index in [-0.39, 0.29) is 0 Å². The molecule has 4 rings (SSSR count). The van der Waals surface area contributed by atoms with Crippen LogP contribution in [0.2, 0.25) is 0 Å². The van der Waals surface area contributed by atoms with Crippen LogP contribution in [0.3, 0.4) is 0 Å². The molecule has 0 unspecified atom stereocenters. The first-order valence-electron chi connectivity index (χ1n) is 7.32. The minimum atomic E-state index is -5.84. The molecule has 0 saturated carbocycles. The second-order valence-corrected chi connectivity index (χ2v) is 7.99. The zero-order valence-corrected chi connectivity index (χ0v) is 15.0. The van der Waals surface area contributed by atoms with Gasteiger partial charge in [-0.05, 0) is 24.3 Å². The number of aromatic nitrogens is 1. The van der Waals surface area contributed by atoms with Gasteiger partial charge in [0.15, 0.2) is 0 Å². The minimum Gasteiger partial charge on any atom is -0.279 e. The van der Waals surface area contributed by atoms with Gasteiger partial charge in [-0.1, -0.05) is 24.3 Å². The van der Waals surface area contributed by atoms with Crippen molar-refractivity contribution in [2.75, 3.05) is 0 Å². The SMILES string of the molecule is C[n+]1c2ccccc2cc2sc3ccccc3c21.O=S(=O)(O)C(F)(F)F. The van der Waals surface area contributed by atoms with Gasteiger partial charge in [0.1, 0.15) is 11.7 Å². The predicted molar refractivity (Wildman–Crippen MR) is 95.6 cm³/mol. The molecule has 0 saturated heterocycles. The van der Waals surface area contributed by atoms with Crippen molar-refractivity contribution in [3.63, 3.8) is 0 Å². The topological polar surface area (TPSA) is 58.2 Å². The molecule has 0 bridgehead atoms. The van der Waals surface area contributed by atoms with Gasteiger partial charge >= 0.3 is 15.6 Å². The molecule has 0 aliphatic heterocycles. The Balaban J connectivity index is 0.000000211. The summed E-state index contributed by atoms with van der Waals surface area (Å²) in [6.45, 7) is 0. The number of halogens is 3. The van der Waals surface area contributed by atoms with Crippen molar-refractivity contribution in [3.8, 4) is 0 Å². The van der Waals surface area contributed by atoms with Gasteiger partial charge in [0.2, 0.25) is 11.0 Å². The third kappa shape index (κ3) is 3.37. The summed E-state index contributed by atoms with van der Waals surface area (Å²) < 4.78 is 62.6. The maximum atomic E-state index is 10.7. The highest BCUT2D eigenvalue weighted by molar-refractivity contribution is 7.86. The van der Waals surface area contributed by atoms with Gasteiger partial charge in [-0.25, -0.2) is 0 Å². The van der Waals surface area contributed by atoms with Crippen molar-refractivity contribution in [2.45, 2.75) is 5.51 Å². The fourth-order valence-corrected chi connectivity index (χ4v) is 3.86. The zero-order valence-electron chi connectivity index (χ0n) is 13.4. The highest BCUT2D eigenvalue weighted by atomic mass is 32.2. The molecule has 2 aromatic carbocycles. The lowest BCUT2D eigenvalue weighted by Crippen LogP contribution is -2.29.